The van der Waals surface area contributed by atoms with Gasteiger partial charge in [-0.15, -0.1) is 17.0 Å². The van der Waals surface area contributed by atoms with Crippen molar-refractivity contribution in [2.45, 2.75) is 162 Å². The molecule has 0 bridgehead atoms. The zero-order chi connectivity index (χ0) is 20.2. The van der Waals surface area contributed by atoms with E-state index >= 15 is 0 Å². The van der Waals surface area contributed by atoms with E-state index in [1.54, 1.807) is 0 Å². The first kappa shape index (κ1) is 30.6. The van der Waals surface area contributed by atoms with Gasteiger partial charge in [0.2, 0.25) is 0 Å². The van der Waals surface area contributed by atoms with E-state index in [0.717, 1.165) is 5.92 Å². The molecule has 2 heteroatoms. The quantitative estimate of drug-likeness (QED) is 0.169. The summed E-state index contributed by atoms with van der Waals surface area (Å²) in [5.74, 6) is 0.754. The summed E-state index contributed by atoms with van der Waals surface area (Å²) in [6.45, 7) is 9.25. The van der Waals surface area contributed by atoms with Gasteiger partial charge in [-0.1, -0.05) is 130 Å². The maximum Gasteiger partial charge on any atom is 0.0182 e. The molecule has 0 rings (SSSR count). The lowest BCUT2D eigenvalue weighted by atomic mass is 9.72. The lowest BCUT2D eigenvalue weighted by Gasteiger charge is -2.39. The Kier molecular flexibility index (Phi) is 24.2. The van der Waals surface area contributed by atoms with E-state index < -0.39 is 0 Å². The highest BCUT2D eigenvalue weighted by atomic mass is 79.9. The third-order valence-electron chi connectivity index (χ3n) is 6.62. The Bertz CT molecular complexity index is 284. The molecule has 0 spiro atoms. The van der Waals surface area contributed by atoms with Gasteiger partial charge < -0.3 is 5.73 Å². The number of hydrogen-bond acceptors (Lipinski definition) is 1. The van der Waals surface area contributed by atoms with Crippen molar-refractivity contribution < 1.29 is 0 Å². The van der Waals surface area contributed by atoms with Gasteiger partial charge in [0.05, 0.1) is 0 Å². The van der Waals surface area contributed by atoms with Crippen molar-refractivity contribution in [1.29, 1.82) is 0 Å². The monoisotopic (exact) mass is 461 g/mol. The van der Waals surface area contributed by atoms with Gasteiger partial charge in [0.15, 0.2) is 0 Å². The van der Waals surface area contributed by atoms with Gasteiger partial charge in [-0.05, 0) is 31.6 Å². The molecule has 0 aromatic rings. The summed E-state index contributed by atoms with van der Waals surface area (Å²) in [5.41, 5.74) is 7.19. The Morgan fingerprint density at radius 2 is 0.857 bits per heavy atom. The highest BCUT2D eigenvalue weighted by Gasteiger charge is 2.32. The highest BCUT2D eigenvalue weighted by Crippen LogP contribution is 2.34. The van der Waals surface area contributed by atoms with E-state index in [1.165, 1.54) is 128 Å². The van der Waals surface area contributed by atoms with Crippen LogP contribution in [0.2, 0.25) is 0 Å². The zero-order valence-electron chi connectivity index (χ0n) is 20.2. The summed E-state index contributed by atoms with van der Waals surface area (Å²) in [4.78, 5) is 0. The molecule has 0 saturated carbocycles. The van der Waals surface area contributed by atoms with Crippen molar-refractivity contribution in [2.24, 2.45) is 11.7 Å². The van der Waals surface area contributed by atoms with E-state index in [0.29, 0.717) is 0 Å². The Labute approximate surface area is 190 Å². The second-order valence-corrected chi connectivity index (χ2v) is 9.25. The SMILES string of the molecule is Br.CCCCCCCCCCCCC(CCCC)C(N)(CCCC)CCCC. The summed E-state index contributed by atoms with van der Waals surface area (Å²) < 4.78 is 0. The molecule has 0 heterocycles. The smallest absolute Gasteiger partial charge is 0.0182 e. The van der Waals surface area contributed by atoms with Crippen LogP contribution in [0.4, 0.5) is 0 Å². The molecule has 0 aromatic heterocycles. The third-order valence-corrected chi connectivity index (χ3v) is 6.62. The predicted octanol–water partition coefficient (Wildman–Crippen LogP) is 9.76. The highest BCUT2D eigenvalue weighted by molar-refractivity contribution is 8.93. The summed E-state index contributed by atoms with van der Waals surface area (Å²) in [6, 6.07) is 0. The van der Waals surface area contributed by atoms with Crippen LogP contribution in [0, 0.1) is 5.92 Å². The van der Waals surface area contributed by atoms with Crippen LogP contribution in [0.25, 0.3) is 0 Å². The maximum absolute atomic E-state index is 7.08. The number of halogens is 1. The first-order chi connectivity index (χ1) is 13.1. The molecule has 0 aliphatic heterocycles. The van der Waals surface area contributed by atoms with Gasteiger partial charge in [-0.25, -0.2) is 0 Å². The molecular weight excluding hydrogens is 406 g/mol. The average molecular weight is 463 g/mol. The van der Waals surface area contributed by atoms with E-state index in [1.807, 2.05) is 0 Å². The van der Waals surface area contributed by atoms with Crippen molar-refractivity contribution in [1.82, 2.24) is 0 Å². The fourth-order valence-corrected chi connectivity index (χ4v) is 4.59. The summed E-state index contributed by atoms with van der Waals surface area (Å²) in [5, 5.41) is 0. The van der Waals surface area contributed by atoms with Gasteiger partial charge in [0, 0.05) is 5.54 Å². The van der Waals surface area contributed by atoms with Gasteiger partial charge in [-0.3, -0.25) is 0 Å². The Morgan fingerprint density at radius 1 is 0.500 bits per heavy atom. The van der Waals surface area contributed by atoms with Crippen LogP contribution in [0.5, 0.6) is 0 Å². The minimum absolute atomic E-state index is 0. The summed E-state index contributed by atoms with van der Waals surface area (Å²) in [6.07, 6.45) is 27.4. The van der Waals surface area contributed by atoms with Crippen molar-refractivity contribution in [2.75, 3.05) is 0 Å². The molecule has 0 aliphatic rings. The predicted molar refractivity (Wildman–Crippen MR) is 136 cm³/mol. The molecule has 0 saturated heterocycles. The molecule has 2 N–H and O–H groups in total. The fraction of sp³-hybridized carbons (Fsp3) is 1.00. The Balaban J connectivity index is 0. The van der Waals surface area contributed by atoms with Gasteiger partial charge >= 0.3 is 0 Å². The van der Waals surface area contributed by atoms with Crippen molar-refractivity contribution in [3.8, 4) is 0 Å². The molecule has 1 atom stereocenters. The zero-order valence-corrected chi connectivity index (χ0v) is 21.9. The van der Waals surface area contributed by atoms with E-state index in [-0.39, 0.29) is 22.5 Å². The molecule has 0 fully saturated rings. The van der Waals surface area contributed by atoms with Crippen LogP contribution in [0.15, 0.2) is 0 Å². The van der Waals surface area contributed by atoms with Crippen LogP contribution < -0.4 is 5.73 Å². The molecule has 0 amide bonds. The summed E-state index contributed by atoms with van der Waals surface area (Å²) in [7, 11) is 0. The van der Waals surface area contributed by atoms with Crippen molar-refractivity contribution in [3.63, 3.8) is 0 Å². The minimum atomic E-state index is 0. The third kappa shape index (κ3) is 16.3. The summed E-state index contributed by atoms with van der Waals surface area (Å²) >= 11 is 0. The van der Waals surface area contributed by atoms with Crippen LogP contribution in [-0.4, -0.2) is 5.54 Å². The number of hydrogen-bond donors (Lipinski definition) is 1. The average Bonchev–Trinajstić information content (AvgIpc) is 2.68. The molecule has 172 valence electrons. The van der Waals surface area contributed by atoms with Gasteiger partial charge in [0.1, 0.15) is 0 Å². The second-order valence-electron chi connectivity index (χ2n) is 9.25. The molecule has 0 radical (unpaired) electrons. The lowest BCUT2D eigenvalue weighted by Crippen LogP contribution is -2.47. The molecular formula is C26H56BrN. The van der Waals surface area contributed by atoms with Gasteiger partial charge in [-0.2, -0.15) is 0 Å². The molecule has 0 aliphatic carbocycles. The molecule has 1 unspecified atom stereocenters. The maximum atomic E-state index is 7.08. The van der Waals surface area contributed by atoms with E-state index in [9.17, 15) is 0 Å². The topological polar surface area (TPSA) is 26.0 Å². The van der Waals surface area contributed by atoms with Crippen molar-refractivity contribution in [3.05, 3.63) is 0 Å². The fourth-order valence-electron chi connectivity index (χ4n) is 4.59. The van der Waals surface area contributed by atoms with Crippen LogP contribution in [-0.2, 0) is 0 Å². The minimum Gasteiger partial charge on any atom is -0.325 e. The first-order valence-electron chi connectivity index (χ1n) is 12.9. The van der Waals surface area contributed by atoms with Crippen LogP contribution in [0.1, 0.15) is 156 Å². The van der Waals surface area contributed by atoms with Gasteiger partial charge in [0.25, 0.3) is 0 Å². The number of rotatable bonds is 21. The lowest BCUT2D eigenvalue weighted by molar-refractivity contribution is 0.193. The Hall–Kier alpha value is 0.440. The standard InChI is InChI=1S/C26H55N.BrH/c1-5-9-13-14-15-16-17-18-19-20-22-25(21-10-6-2)26(27,23-11-7-3)24-12-8-4;/h25H,5-24,27H2,1-4H3;1H. The number of unbranched alkanes of at least 4 members (excludes halogenated alkanes) is 12. The van der Waals surface area contributed by atoms with E-state index in [2.05, 4.69) is 27.7 Å². The number of nitrogens with two attached hydrogens (primary N) is 1. The molecule has 0 aromatic carbocycles. The van der Waals surface area contributed by atoms with E-state index in [4.69, 9.17) is 5.73 Å². The Morgan fingerprint density at radius 3 is 1.29 bits per heavy atom. The molecule has 28 heavy (non-hydrogen) atoms. The van der Waals surface area contributed by atoms with Crippen LogP contribution in [0.3, 0.4) is 0 Å². The molecule has 1 nitrogen and oxygen atoms in total. The van der Waals surface area contributed by atoms with Crippen LogP contribution >= 0.6 is 17.0 Å². The van der Waals surface area contributed by atoms with Crippen molar-refractivity contribution >= 4 is 17.0 Å². The first-order valence-corrected chi connectivity index (χ1v) is 12.9. The normalized spacial score (nSPS) is 12.8. The second kappa shape index (κ2) is 22.1. The largest absolute Gasteiger partial charge is 0.325 e.